The fraction of sp³-hybridized carbons (Fsp3) is 0.194. The Balaban J connectivity index is 1.19. The SMILES string of the molecule is C=C(CC1CCNCC1)Nc1cncc(-c2ccc3[nH]nc(-c4nc5c(-c6ccccn6)cccc5[nH]4)c3n2)c1. The number of aromatic nitrogens is 7. The van der Waals surface area contributed by atoms with Crippen molar-refractivity contribution >= 4 is 27.8 Å². The molecule has 0 radical (unpaired) electrons. The molecule has 9 nitrogen and oxygen atoms in total. The van der Waals surface area contributed by atoms with Gasteiger partial charge in [0.2, 0.25) is 0 Å². The predicted molar refractivity (Wildman–Crippen MR) is 158 cm³/mol. The van der Waals surface area contributed by atoms with Crippen molar-refractivity contribution < 1.29 is 0 Å². The third-order valence-corrected chi connectivity index (χ3v) is 7.43. The molecule has 6 aromatic rings. The van der Waals surface area contributed by atoms with Gasteiger partial charge in [-0.2, -0.15) is 5.10 Å². The number of rotatable bonds is 7. The van der Waals surface area contributed by atoms with Gasteiger partial charge in [-0.25, -0.2) is 9.97 Å². The first-order valence-corrected chi connectivity index (χ1v) is 13.6. The zero-order valence-corrected chi connectivity index (χ0v) is 22.0. The second-order valence-electron chi connectivity index (χ2n) is 10.3. The number of aromatic amines is 2. The average Bonchev–Trinajstić information content (AvgIpc) is 3.62. The second-order valence-corrected chi connectivity index (χ2v) is 10.3. The third-order valence-electron chi connectivity index (χ3n) is 7.43. The number of anilines is 1. The van der Waals surface area contributed by atoms with Crippen LogP contribution in [0.4, 0.5) is 5.69 Å². The summed E-state index contributed by atoms with van der Waals surface area (Å²) in [5.41, 5.74) is 9.48. The number of piperidine rings is 1. The maximum Gasteiger partial charge on any atom is 0.161 e. The molecule has 0 unspecified atom stereocenters. The molecule has 5 aromatic heterocycles. The van der Waals surface area contributed by atoms with Gasteiger partial charge in [0.15, 0.2) is 11.5 Å². The van der Waals surface area contributed by atoms with E-state index < -0.39 is 0 Å². The number of pyridine rings is 3. The molecule has 0 atom stereocenters. The van der Waals surface area contributed by atoms with Crippen LogP contribution in [-0.2, 0) is 0 Å². The molecule has 0 saturated carbocycles. The number of H-pyrrole nitrogens is 2. The summed E-state index contributed by atoms with van der Waals surface area (Å²) in [6.45, 7) is 6.43. The normalized spacial score (nSPS) is 14.1. The molecule has 40 heavy (non-hydrogen) atoms. The van der Waals surface area contributed by atoms with Gasteiger partial charge in [0, 0.05) is 29.2 Å². The van der Waals surface area contributed by atoms with Crippen LogP contribution in [0.5, 0.6) is 0 Å². The molecular formula is C31H29N9. The van der Waals surface area contributed by atoms with Crippen LogP contribution in [0.1, 0.15) is 19.3 Å². The van der Waals surface area contributed by atoms with Crippen LogP contribution in [-0.4, -0.2) is 48.2 Å². The van der Waals surface area contributed by atoms with Gasteiger partial charge in [-0.1, -0.05) is 24.8 Å². The van der Waals surface area contributed by atoms with Crippen molar-refractivity contribution in [2.45, 2.75) is 19.3 Å². The van der Waals surface area contributed by atoms with E-state index in [9.17, 15) is 0 Å². The number of benzene rings is 1. The fourth-order valence-corrected chi connectivity index (χ4v) is 5.44. The first-order chi connectivity index (χ1) is 19.7. The fourth-order valence-electron chi connectivity index (χ4n) is 5.44. The quantitative estimate of drug-likeness (QED) is 0.203. The van der Waals surface area contributed by atoms with Crippen LogP contribution >= 0.6 is 0 Å². The molecule has 6 heterocycles. The van der Waals surface area contributed by atoms with Crippen LogP contribution in [0.15, 0.2) is 85.5 Å². The van der Waals surface area contributed by atoms with E-state index in [0.29, 0.717) is 17.4 Å². The lowest BCUT2D eigenvalue weighted by molar-refractivity contribution is 0.373. The molecule has 1 aromatic carbocycles. The Hall–Kier alpha value is -4.89. The lowest BCUT2D eigenvalue weighted by Gasteiger charge is -2.23. The predicted octanol–water partition coefficient (Wildman–Crippen LogP) is 5.94. The maximum absolute atomic E-state index is 4.98. The minimum absolute atomic E-state index is 0.650. The van der Waals surface area contributed by atoms with Crippen LogP contribution in [0, 0.1) is 5.92 Å². The molecule has 9 heteroatoms. The van der Waals surface area contributed by atoms with Gasteiger partial charge in [0.1, 0.15) is 5.52 Å². The van der Waals surface area contributed by atoms with E-state index in [0.717, 1.165) is 75.5 Å². The Bertz CT molecular complexity index is 1810. The van der Waals surface area contributed by atoms with Crippen molar-refractivity contribution in [2.75, 3.05) is 18.4 Å². The summed E-state index contributed by atoms with van der Waals surface area (Å²) in [6.07, 6.45) is 8.78. The third kappa shape index (κ3) is 4.71. The number of nitrogens with zero attached hydrogens (tertiary/aromatic N) is 5. The first-order valence-electron chi connectivity index (χ1n) is 13.6. The zero-order valence-electron chi connectivity index (χ0n) is 22.0. The number of imidazole rings is 1. The molecule has 0 aliphatic carbocycles. The van der Waals surface area contributed by atoms with Gasteiger partial charge in [0.05, 0.1) is 39.8 Å². The number of fused-ring (bicyclic) bond motifs is 2. The minimum Gasteiger partial charge on any atom is -0.358 e. The molecule has 0 amide bonds. The highest BCUT2D eigenvalue weighted by Crippen LogP contribution is 2.31. The van der Waals surface area contributed by atoms with Crippen molar-refractivity contribution in [2.24, 2.45) is 5.92 Å². The Labute approximate surface area is 231 Å². The van der Waals surface area contributed by atoms with Gasteiger partial charge in [-0.3, -0.25) is 15.1 Å². The minimum atomic E-state index is 0.650. The van der Waals surface area contributed by atoms with Crippen molar-refractivity contribution in [1.82, 2.24) is 40.4 Å². The summed E-state index contributed by atoms with van der Waals surface area (Å²) in [4.78, 5) is 22.3. The summed E-state index contributed by atoms with van der Waals surface area (Å²) < 4.78 is 0. The molecule has 4 N–H and O–H groups in total. The maximum atomic E-state index is 4.98. The van der Waals surface area contributed by atoms with Crippen LogP contribution in [0.25, 0.3) is 56.1 Å². The lowest BCUT2D eigenvalue weighted by Crippen LogP contribution is -2.28. The highest BCUT2D eigenvalue weighted by atomic mass is 15.1. The highest BCUT2D eigenvalue weighted by molar-refractivity contribution is 5.95. The van der Waals surface area contributed by atoms with E-state index in [1.165, 1.54) is 12.8 Å². The largest absolute Gasteiger partial charge is 0.358 e. The summed E-state index contributed by atoms with van der Waals surface area (Å²) in [5.74, 6) is 1.32. The van der Waals surface area contributed by atoms with E-state index in [1.807, 2.05) is 60.9 Å². The topological polar surface area (TPSA) is 120 Å². The average molecular weight is 528 g/mol. The van der Waals surface area contributed by atoms with Crippen molar-refractivity contribution in [3.05, 3.63) is 85.5 Å². The number of para-hydroxylation sites is 1. The summed E-state index contributed by atoms with van der Waals surface area (Å²) >= 11 is 0. The monoisotopic (exact) mass is 527 g/mol. The molecule has 0 spiro atoms. The first kappa shape index (κ1) is 24.2. The summed E-state index contributed by atoms with van der Waals surface area (Å²) in [7, 11) is 0. The van der Waals surface area contributed by atoms with Crippen LogP contribution in [0.2, 0.25) is 0 Å². The standard InChI is InChI=1S/C31H29N9/c1-19(15-20-10-13-32-14-11-20)35-22-16-21(17-33-18-22)24-8-9-27-29(36-24)30(40-39-27)31-37-26-7-4-5-23(28(26)38-31)25-6-2-3-12-34-25/h2-9,12,16-18,20,32,35H,1,10-11,13-15H2,(H,37,38)(H,39,40). The van der Waals surface area contributed by atoms with Gasteiger partial charge in [-0.15, -0.1) is 0 Å². The van der Waals surface area contributed by atoms with E-state index in [2.05, 4.69) is 48.4 Å². The highest BCUT2D eigenvalue weighted by Gasteiger charge is 2.18. The molecule has 1 aliphatic rings. The van der Waals surface area contributed by atoms with Gasteiger partial charge in [-0.05, 0) is 74.7 Å². The Morgan fingerprint density at radius 1 is 0.925 bits per heavy atom. The van der Waals surface area contributed by atoms with Crippen molar-refractivity contribution in [3.8, 4) is 34.0 Å². The second kappa shape index (κ2) is 10.3. The van der Waals surface area contributed by atoms with Gasteiger partial charge in [0.25, 0.3) is 0 Å². The van der Waals surface area contributed by atoms with Gasteiger partial charge < -0.3 is 15.6 Å². The number of hydrogen-bond donors (Lipinski definition) is 4. The van der Waals surface area contributed by atoms with Crippen molar-refractivity contribution in [3.63, 3.8) is 0 Å². The van der Waals surface area contributed by atoms with E-state index in [-0.39, 0.29) is 0 Å². The molecular weight excluding hydrogens is 498 g/mol. The molecule has 0 bridgehead atoms. The molecule has 1 aliphatic heterocycles. The Morgan fingerprint density at radius 2 is 1.85 bits per heavy atom. The van der Waals surface area contributed by atoms with E-state index in [1.54, 1.807) is 6.20 Å². The Morgan fingerprint density at radius 3 is 2.73 bits per heavy atom. The number of allylic oxidation sites excluding steroid dienone is 1. The van der Waals surface area contributed by atoms with Crippen LogP contribution < -0.4 is 10.6 Å². The Kier molecular flexibility index (Phi) is 6.25. The van der Waals surface area contributed by atoms with Gasteiger partial charge >= 0.3 is 0 Å². The zero-order chi connectivity index (χ0) is 26.9. The lowest BCUT2D eigenvalue weighted by atomic mass is 9.93. The summed E-state index contributed by atoms with van der Waals surface area (Å²) in [6, 6.07) is 18.0. The number of nitrogens with one attached hydrogen (secondary N) is 4. The molecule has 198 valence electrons. The number of hydrogen-bond acceptors (Lipinski definition) is 7. The molecule has 7 rings (SSSR count). The molecule has 1 fully saturated rings. The van der Waals surface area contributed by atoms with Crippen LogP contribution in [0.3, 0.4) is 0 Å². The smallest absolute Gasteiger partial charge is 0.161 e. The van der Waals surface area contributed by atoms with Crippen molar-refractivity contribution in [1.29, 1.82) is 0 Å². The molecule has 1 saturated heterocycles. The van der Waals surface area contributed by atoms with E-state index in [4.69, 9.17) is 9.97 Å². The van der Waals surface area contributed by atoms with E-state index >= 15 is 0 Å². The summed E-state index contributed by atoms with van der Waals surface area (Å²) in [5, 5.41) is 14.6.